The molecule has 0 aliphatic heterocycles. The molecule has 0 aliphatic rings. The van der Waals surface area contributed by atoms with E-state index in [9.17, 15) is 19.8 Å². The number of alkyl halides is 2. The number of halogens is 2. The minimum Gasteiger partial charge on any atom is -0.545 e. The summed E-state index contributed by atoms with van der Waals surface area (Å²) in [5.74, 6) is -0.876. The first-order valence-electron chi connectivity index (χ1n) is 7.41. The summed E-state index contributed by atoms with van der Waals surface area (Å²) >= 11 is 10.9. The average Bonchev–Trinajstić information content (AvgIpc) is 2.46. The molecule has 0 atom stereocenters. The SMILES string of the molecule is O=C([O-])/C=C/CCCCCCl.O=C([O-])/C=C/CCCCCCl.[Ca+2]. The fraction of sp³-hybridized carbons (Fsp3) is 0.625. The molecule has 128 valence electrons. The Balaban J connectivity index is -0.000000333. The van der Waals surface area contributed by atoms with E-state index in [1.54, 1.807) is 12.2 Å². The van der Waals surface area contributed by atoms with Crippen LogP contribution < -0.4 is 10.2 Å². The zero-order chi connectivity index (χ0) is 17.1. The summed E-state index contributed by atoms with van der Waals surface area (Å²) in [6.07, 6.45) is 13.1. The van der Waals surface area contributed by atoms with Gasteiger partial charge in [-0.15, -0.1) is 23.2 Å². The summed E-state index contributed by atoms with van der Waals surface area (Å²) < 4.78 is 0. The topological polar surface area (TPSA) is 80.3 Å². The van der Waals surface area contributed by atoms with Gasteiger partial charge in [-0.1, -0.05) is 25.0 Å². The van der Waals surface area contributed by atoms with Crippen LogP contribution in [0.4, 0.5) is 0 Å². The molecule has 0 N–H and O–H groups in total. The number of allylic oxidation sites excluding steroid dienone is 2. The molecule has 0 amide bonds. The number of aliphatic carboxylic acids is 2. The molecule has 0 spiro atoms. The molecule has 0 aromatic heterocycles. The second-order valence-corrected chi connectivity index (χ2v) is 5.28. The van der Waals surface area contributed by atoms with E-state index < -0.39 is 11.9 Å². The Kier molecular flexibility index (Phi) is 29.9. The molecule has 0 fully saturated rings. The minimum atomic E-state index is -1.12. The van der Waals surface area contributed by atoms with E-state index in [1.165, 1.54) is 0 Å². The van der Waals surface area contributed by atoms with Crippen LogP contribution in [0.3, 0.4) is 0 Å². The maximum absolute atomic E-state index is 9.87. The van der Waals surface area contributed by atoms with Crippen LogP contribution in [0.5, 0.6) is 0 Å². The Morgan fingerprint density at radius 2 is 1.04 bits per heavy atom. The van der Waals surface area contributed by atoms with E-state index in [1.807, 2.05) is 0 Å². The third-order valence-corrected chi connectivity index (χ3v) is 3.05. The van der Waals surface area contributed by atoms with Crippen LogP contribution in [0, 0.1) is 0 Å². The van der Waals surface area contributed by atoms with Gasteiger partial charge in [0, 0.05) is 11.8 Å². The molecule has 0 aromatic carbocycles. The zero-order valence-corrected chi connectivity index (χ0v) is 17.2. The van der Waals surface area contributed by atoms with Crippen molar-refractivity contribution in [3.05, 3.63) is 24.3 Å². The molecule has 0 unspecified atom stereocenters. The fourth-order valence-electron chi connectivity index (χ4n) is 1.43. The van der Waals surface area contributed by atoms with Gasteiger partial charge in [0.2, 0.25) is 0 Å². The summed E-state index contributed by atoms with van der Waals surface area (Å²) in [5.41, 5.74) is 0. The van der Waals surface area contributed by atoms with Crippen molar-refractivity contribution in [2.75, 3.05) is 11.8 Å². The standard InChI is InChI=1S/2C8H13ClO2.Ca/c2*9-7-5-3-1-2-4-6-8(10)11;/h2*4,6H,1-3,5,7H2,(H,10,11);/q;;+2/p-2/b2*6-4+;. The van der Waals surface area contributed by atoms with Crippen molar-refractivity contribution in [2.45, 2.75) is 51.4 Å². The van der Waals surface area contributed by atoms with Crippen LogP contribution in [-0.2, 0) is 9.59 Å². The van der Waals surface area contributed by atoms with E-state index in [4.69, 9.17) is 23.2 Å². The van der Waals surface area contributed by atoms with Gasteiger partial charge in [0.1, 0.15) is 0 Å². The van der Waals surface area contributed by atoms with Crippen LogP contribution >= 0.6 is 23.2 Å². The van der Waals surface area contributed by atoms with Gasteiger partial charge >= 0.3 is 37.7 Å². The van der Waals surface area contributed by atoms with Gasteiger partial charge < -0.3 is 19.8 Å². The van der Waals surface area contributed by atoms with E-state index in [2.05, 4.69) is 0 Å². The predicted octanol–water partition coefficient (Wildman–Crippen LogP) is 1.80. The Morgan fingerprint density at radius 3 is 1.30 bits per heavy atom. The number of hydrogen-bond donors (Lipinski definition) is 0. The Morgan fingerprint density at radius 1 is 0.696 bits per heavy atom. The molecule has 0 saturated carbocycles. The van der Waals surface area contributed by atoms with Gasteiger partial charge in [0.05, 0.1) is 11.9 Å². The first-order chi connectivity index (χ1) is 10.5. The third kappa shape index (κ3) is 34.6. The van der Waals surface area contributed by atoms with Gasteiger partial charge in [-0.05, 0) is 50.7 Å². The van der Waals surface area contributed by atoms with E-state index in [-0.39, 0.29) is 37.7 Å². The molecule has 0 bridgehead atoms. The maximum atomic E-state index is 9.87. The molecule has 0 saturated heterocycles. The number of rotatable bonds is 12. The smallest absolute Gasteiger partial charge is 0.545 e. The van der Waals surface area contributed by atoms with Crippen molar-refractivity contribution in [1.29, 1.82) is 0 Å². The van der Waals surface area contributed by atoms with E-state index in [0.717, 1.165) is 63.5 Å². The Labute approximate surface area is 178 Å². The molecule has 0 aliphatic carbocycles. The van der Waals surface area contributed by atoms with Gasteiger partial charge in [-0.2, -0.15) is 0 Å². The van der Waals surface area contributed by atoms with Crippen molar-refractivity contribution in [1.82, 2.24) is 0 Å². The second-order valence-electron chi connectivity index (χ2n) is 4.52. The van der Waals surface area contributed by atoms with Crippen molar-refractivity contribution in [3.63, 3.8) is 0 Å². The van der Waals surface area contributed by atoms with Gasteiger partial charge in [-0.25, -0.2) is 0 Å². The monoisotopic (exact) mass is 390 g/mol. The third-order valence-electron chi connectivity index (χ3n) is 2.52. The second kappa shape index (κ2) is 24.5. The van der Waals surface area contributed by atoms with Gasteiger partial charge in [0.25, 0.3) is 0 Å². The van der Waals surface area contributed by atoms with Crippen molar-refractivity contribution >= 4 is 72.9 Å². The summed E-state index contributed by atoms with van der Waals surface area (Å²) in [4.78, 5) is 19.7. The summed E-state index contributed by atoms with van der Waals surface area (Å²) in [7, 11) is 0. The van der Waals surface area contributed by atoms with E-state index in [0.29, 0.717) is 11.8 Å². The number of carbonyl (C=O) groups excluding carboxylic acids is 2. The van der Waals surface area contributed by atoms with Crippen LogP contribution in [0.25, 0.3) is 0 Å². The Hall–Kier alpha value is 0.260. The summed E-state index contributed by atoms with van der Waals surface area (Å²) in [5, 5.41) is 19.7. The maximum Gasteiger partial charge on any atom is 2.00 e. The van der Waals surface area contributed by atoms with Gasteiger partial charge in [-0.3, -0.25) is 0 Å². The summed E-state index contributed by atoms with van der Waals surface area (Å²) in [6.45, 7) is 0. The molecule has 0 rings (SSSR count). The molecular weight excluding hydrogens is 367 g/mol. The normalized spacial score (nSPS) is 10.2. The number of unbranched alkanes of at least 4 members (excludes halogenated alkanes) is 6. The first-order valence-corrected chi connectivity index (χ1v) is 8.48. The summed E-state index contributed by atoms with van der Waals surface area (Å²) in [6, 6.07) is 0. The van der Waals surface area contributed by atoms with Crippen LogP contribution in [0.1, 0.15) is 51.4 Å². The van der Waals surface area contributed by atoms with Crippen molar-refractivity contribution in [2.24, 2.45) is 0 Å². The molecular formula is C16H24CaCl2O4. The zero-order valence-electron chi connectivity index (χ0n) is 13.5. The number of hydrogen-bond acceptors (Lipinski definition) is 4. The Bertz CT molecular complexity index is 302. The molecule has 7 heteroatoms. The van der Waals surface area contributed by atoms with E-state index >= 15 is 0 Å². The molecule has 0 radical (unpaired) electrons. The van der Waals surface area contributed by atoms with Crippen LogP contribution in [-0.4, -0.2) is 61.4 Å². The van der Waals surface area contributed by atoms with Crippen LogP contribution in [0.2, 0.25) is 0 Å². The first kappa shape index (κ1) is 28.1. The number of carboxylic acids is 2. The van der Waals surface area contributed by atoms with Gasteiger partial charge in [0.15, 0.2) is 0 Å². The predicted molar refractivity (Wildman–Crippen MR) is 92.4 cm³/mol. The minimum absolute atomic E-state index is 0. The van der Waals surface area contributed by atoms with Crippen molar-refractivity contribution in [3.8, 4) is 0 Å². The molecule has 0 heterocycles. The quantitative estimate of drug-likeness (QED) is 0.220. The molecule has 23 heavy (non-hydrogen) atoms. The fourth-order valence-corrected chi connectivity index (χ4v) is 1.80. The number of carbonyl (C=O) groups is 2. The molecule has 0 aromatic rings. The number of carboxylic acid groups (broad SMARTS) is 2. The molecule has 4 nitrogen and oxygen atoms in total. The van der Waals surface area contributed by atoms with Crippen LogP contribution in [0.15, 0.2) is 24.3 Å². The van der Waals surface area contributed by atoms with Crippen molar-refractivity contribution < 1.29 is 19.8 Å². The average molecular weight is 391 g/mol. The largest absolute Gasteiger partial charge is 2.00 e.